The normalized spacial score (nSPS) is 12.1. The van der Waals surface area contributed by atoms with E-state index in [4.69, 9.17) is 9.47 Å². The third-order valence-corrected chi connectivity index (χ3v) is 9.30. The molecule has 1 unspecified atom stereocenters. The molecule has 1 atom stereocenters. The second kappa shape index (κ2) is 31.2. The number of ether oxygens (including phenoxy) is 2. The van der Waals surface area contributed by atoms with Gasteiger partial charge in [0.25, 0.3) is 0 Å². The first-order chi connectivity index (χ1) is 22.7. The molecule has 0 aromatic heterocycles. The minimum absolute atomic E-state index is 0.0643. The Kier molecular flexibility index (Phi) is 29.8. The lowest BCUT2D eigenvalue weighted by atomic mass is 9.84. The fraction of sp³-hybridized carbons (Fsp3) is 0.897. The maximum absolute atomic E-state index is 13.3. The molecular weight excluding hydrogens is 596 g/mol. The van der Waals surface area contributed by atoms with E-state index in [9.17, 15) is 29.4 Å². The zero-order chi connectivity index (χ0) is 35.0. The summed E-state index contributed by atoms with van der Waals surface area (Å²) in [6, 6.07) is 0. The molecule has 0 aliphatic carbocycles. The van der Waals surface area contributed by atoms with E-state index in [1.54, 1.807) is 0 Å². The number of esters is 2. The quantitative estimate of drug-likeness (QED) is 0.0486. The van der Waals surface area contributed by atoms with Crippen LogP contribution in [0, 0.1) is 0 Å². The Bertz CT molecular complexity index is 768. The van der Waals surface area contributed by atoms with Crippen LogP contribution in [0.2, 0.25) is 0 Å². The van der Waals surface area contributed by atoms with E-state index in [1.165, 1.54) is 51.4 Å². The molecule has 0 spiro atoms. The summed E-state index contributed by atoms with van der Waals surface area (Å²) in [6.45, 7) is 6.26. The van der Waals surface area contributed by atoms with Crippen LogP contribution in [0.25, 0.3) is 0 Å². The van der Waals surface area contributed by atoms with Crippen LogP contribution in [0.3, 0.4) is 0 Å². The van der Waals surface area contributed by atoms with Crippen LogP contribution < -0.4 is 10.2 Å². The molecule has 0 saturated heterocycles. The number of unbranched alkanes of at least 4 members (excludes halogenated alkanes) is 20. The number of rotatable bonds is 35. The second-order valence-corrected chi connectivity index (χ2v) is 13.7. The minimum atomic E-state index is -1.02. The molecule has 0 rings (SSSR count). The first kappa shape index (κ1) is 44.9. The Labute approximate surface area is 287 Å². The fourth-order valence-electron chi connectivity index (χ4n) is 6.26. The average molecular weight is 667 g/mol. The number of carboxylic acids is 2. The first-order valence-corrected chi connectivity index (χ1v) is 19.5. The zero-order valence-corrected chi connectivity index (χ0v) is 30.6. The predicted octanol–water partition coefficient (Wildman–Crippen LogP) is 8.44. The third kappa shape index (κ3) is 27.5. The van der Waals surface area contributed by atoms with Crippen molar-refractivity contribution < 1.29 is 38.9 Å². The number of aliphatic carboxylic acids is 2. The van der Waals surface area contributed by atoms with Gasteiger partial charge >= 0.3 is 11.9 Å². The molecule has 0 bridgehead atoms. The van der Waals surface area contributed by atoms with E-state index in [0.29, 0.717) is 38.5 Å². The zero-order valence-electron chi connectivity index (χ0n) is 30.6. The van der Waals surface area contributed by atoms with Crippen molar-refractivity contribution in [2.45, 2.75) is 225 Å². The lowest BCUT2D eigenvalue weighted by Crippen LogP contribution is -2.47. The Hall–Kier alpha value is -2.12. The Morgan fingerprint density at radius 2 is 0.787 bits per heavy atom. The molecule has 0 saturated carbocycles. The third-order valence-electron chi connectivity index (χ3n) is 9.30. The van der Waals surface area contributed by atoms with Gasteiger partial charge in [-0.25, -0.2) is 0 Å². The lowest BCUT2D eigenvalue weighted by Gasteiger charge is -2.38. The summed E-state index contributed by atoms with van der Waals surface area (Å²) in [7, 11) is 0. The van der Waals surface area contributed by atoms with Crippen molar-refractivity contribution in [3.8, 4) is 0 Å². The van der Waals surface area contributed by atoms with Crippen LogP contribution in [0.4, 0.5) is 0 Å². The van der Waals surface area contributed by atoms with Crippen molar-refractivity contribution in [1.29, 1.82) is 0 Å². The van der Waals surface area contributed by atoms with Crippen molar-refractivity contribution in [3.63, 3.8) is 0 Å². The van der Waals surface area contributed by atoms with Crippen molar-refractivity contribution in [2.24, 2.45) is 0 Å². The van der Waals surface area contributed by atoms with Crippen molar-refractivity contribution >= 4 is 23.9 Å². The van der Waals surface area contributed by atoms with Gasteiger partial charge in [0.2, 0.25) is 0 Å². The summed E-state index contributed by atoms with van der Waals surface area (Å²) in [5.41, 5.74) is -0.927. The molecule has 47 heavy (non-hydrogen) atoms. The lowest BCUT2D eigenvalue weighted by molar-refractivity contribution is -0.307. The van der Waals surface area contributed by atoms with Gasteiger partial charge in [-0.05, 0) is 71.1 Å². The molecule has 0 aliphatic rings. The Morgan fingerprint density at radius 1 is 0.468 bits per heavy atom. The SMILES string of the molecule is CCCCCCCCCC(=O)OC(C)C(CCCCCCCC(=O)[O-])(CCCCCCCC(=O)[O-])OC(=O)CCCCCCCCC. The summed E-state index contributed by atoms with van der Waals surface area (Å²) in [5, 5.41) is 21.5. The summed E-state index contributed by atoms with van der Waals surface area (Å²) in [4.78, 5) is 47.8. The van der Waals surface area contributed by atoms with Gasteiger partial charge < -0.3 is 29.3 Å². The molecule has 0 aliphatic heterocycles. The van der Waals surface area contributed by atoms with Crippen molar-refractivity contribution in [2.75, 3.05) is 0 Å². The van der Waals surface area contributed by atoms with E-state index in [0.717, 1.165) is 89.9 Å². The number of hydrogen-bond acceptors (Lipinski definition) is 8. The molecule has 0 heterocycles. The van der Waals surface area contributed by atoms with Crippen LogP contribution >= 0.6 is 0 Å². The van der Waals surface area contributed by atoms with E-state index in [1.807, 2.05) is 6.92 Å². The molecule has 8 nitrogen and oxygen atoms in total. The standard InChI is InChI=1S/C39H72O8/c1-4-6-8-10-12-18-24-30-37(44)46-34(3)39(32-26-20-14-16-22-28-35(40)41,33-27-21-15-17-23-29-36(42)43)47-38(45)31-25-19-13-11-9-7-5-2/h34H,4-33H2,1-3H3,(H,40,41)(H,42,43)/p-2. The van der Waals surface area contributed by atoms with E-state index in [-0.39, 0.29) is 24.8 Å². The molecular formula is C39H70O8-2. The van der Waals surface area contributed by atoms with Gasteiger partial charge in [0.05, 0.1) is 0 Å². The summed E-state index contributed by atoms with van der Waals surface area (Å²) < 4.78 is 12.4. The average Bonchev–Trinajstić information content (AvgIpc) is 3.02. The van der Waals surface area contributed by atoms with E-state index >= 15 is 0 Å². The molecule has 0 N–H and O–H groups in total. The Balaban J connectivity index is 5.41. The molecule has 0 fully saturated rings. The van der Waals surface area contributed by atoms with Gasteiger partial charge in [-0.2, -0.15) is 0 Å². The molecule has 8 heteroatoms. The second-order valence-electron chi connectivity index (χ2n) is 13.7. The van der Waals surface area contributed by atoms with Crippen LogP contribution in [0.5, 0.6) is 0 Å². The van der Waals surface area contributed by atoms with E-state index in [2.05, 4.69) is 13.8 Å². The maximum Gasteiger partial charge on any atom is 0.306 e. The summed E-state index contributed by atoms with van der Waals surface area (Å²) in [6.07, 6.45) is 24.8. The van der Waals surface area contributed by atoms with Gasteiger partial charge in [-0.1, -0.05) is 129 Å². The number of carbonyl (C=O) groups excluding carboxylic acids is 4. The van der Waals surface area contributed by atoms with Crippen LogP contribution in [-0.2, 0) is 28.7 Å². The number of carbonyl (C=O) groups is 4. The summed E-state index contributed by atoms with van der Waals surface area (Å²) >= 11 is 0. The Morgan fingerprint density at radius 3 is 1.17 bits per heavy atom. The highest BCUT2D eigenvalue weighted by molar-refractivity contribution is 5.71. The predicted molar refractivity (Wildman–Crippen MR) is 184 cm³/mol. The first-order valence-electron chi connectivity index (χ1n) is 19.5. The van der Waals surface area contributed by atoms with Crippen LogP contribution in [0.1, 0.15) is 213 Å². The fourth-order valence-corrected chi connectivity index (χ4v) is 6.26. The molecule has 0 amide bonds. The van der Waals surface area contributed by atoms with Gasteiger partial charge in [0.1, 0.15) is 11.7 Å². The monoisotopic (exact) mass is 667 g/mol. The van der Waals surface area contributed by atoms with Crippen molar-refractivity contribution in [3.05, 3.63) is 0 Å². The largest absolute Gasteiger partial charge is 0.550 e. The summed E-state index contributed by atoms with van der Waals surface area (Å²) in [5.74, 6) is -2.54. The molecule has 0 radical (unpaired) electrons. The highest BCUT2D eigenvalue weighted by Crippen LogP contribution is 2.34. The highest BCUT2D eigenvalue weighted by Gasteiger charge is 2.41. The van der Waals surface area contributed by atoms with Crippen LogP contribution in [0.15, 0.2) is 0 Å². The number of carboxylic acid groups (broad SMARTS) is 2. The van der Waals surface area contributed by atoms with Gasteiger partial charge in [0.15, 0.2) is 0 Å². The maximum atomic E-state index is 13.3. The topological polar surface area (TPSA) is 133 Å². The highest BCUT2D eigenvalue weighted by atomic mass is 16.6. The smallest absolute Gasteiger partial charge is 0.306 e. The minimum Gasteiger partial charge on any atom is -0.550 e. The van der Waals surface area contributed by atoms with Gasteiger partial charge in [-0.15, -0.1) is 0 Å². The van der Waals surface area contributed by atoms with Crippen molar-refractivity contribution in [1.82, 2.24) is 0 Å². The van der Waals surface area contributed by atoms with Crippen LogP contribution in [-0.4, -0.2) is 35.6 Å². The number of hydrogen-bond donors (Lipinski definition) is 0. The van der Waals surface area contributed by atoms with Gasteiger partial charge in [0, 0.05) is 24.8 Å². The molecule has 0 aromatic rings. The van der Waals surface area contributed by atoms with Gasteiger partial charge in [-0.3, -0.25) is 9.59 Å². The molecule has 276 valence electrons. The molecule has 0 aromatic carbocycles. The van der Waals surface area contributed by atoms with E-state index < -0.39 is 23.6 Å².